The first kappa shape index (κ1) is 10.0. The first-order chi connectivity index (χ1) is 7.72. The average molecular weight is 222 g/mol. The van der Waals surface area contributed by atoms with E-state index in [1.807, 2.05) is 0 Å². The quantitative estimate of drug-likeness (QED) is 0.319. The second kappa shape index (κ2) is 3.93. The molecule has 0 saturated carbocycles. The number of hydrogen-bond acceptors (Lipinski definition) is 5. The first-order valence-corrected chi connectivity index (χ1v) is 4.23. The van der Waals surface area contributed by atoms with Crippen LogP contribution in [0, 0.1) is 5.82 Å². The van der Waals surface area contributed by atoms with E-state index in [0.717, 1.165) is 4.68 Å². The van der Waals surface area contributed by atoms with Gasteiger partial charge in [-0.15, -0.1) is 5.10 Å². The molecule has 0 aliphatic rings. The third-order valence-electron chi connectivity index (χ3n) is 1.78. The maximum atomic E-state index is 13.3. The molecule has 0 bridgehead atoms. The van der Waals surface area contributed by atoms with Crippen molar-refractivity contribution in [3.8, 4) is 5.82 Å². The zero-order chi connectivity index (χ0) is 11.5. The van der Waals surface area contributed by atoms with E-state index in [4.69, 9.17) is 10.9 Å². The van der Waals surface area contributed by atoms with E-state index in [9.17, 15) is 4.39 Å². The Morgan fingerprint density at radius 2 is 2.31 bits per heavy atom. The van der Waals surface area contributed by atoms with Crippen molar-refractivity contribution >= 4 is 5.84 Å². The third-order valence-corrected chi connectivity index (χ3v) is 1.78. The van der Waals surface area contributed by atoms with Crippen molar-refractivity contribution in [3.63, 3.8) is 0 Å². The molecule has 82 valence electrons. The molecule has 8 heteroatoms. The molecular weight excluding hydrogens is 215 g/mol. The monoisotopic (exact) mass is 222 g/mol. The zero-order valence-electron chi connectivity index (χ0n) is 7.95. The molecular formula is C8H7FN6O. The van der Waals surface area contributed by atoms with Gasteiger partial charge in [0.15, 0.2) is 11.6 Å². The molecule has 0 radical (unpaired) electrons. The number of nitrogens with zero attached hydrogens (tertiary/aromatic N) is 5. The van der Waals surface area contributed by atoms with Gasteiger partial charge in [-0.2, -0.15) is 4.68 Å². The van der Waals surface area contributed by atoms with Gasteiger partial charge in [-0.25, -0.2) is 14.4 Å². The zero-order valence-corrected chi connectivity index (χ0v) is 7.95. The van der Waals surface area contributed by atoms with Crippen LogP contribution < -0.4 is 5.73 Å². The molecule has 7 nitrogen and oxygen atoms in total. The largest absolute Gasteiger partial charge is 0.409 e. The van der Waals surface area contributed by atoms with Crippen molar-refractivity contribution in [3.05, 3.63) is 36.3 Å². The standard InChI is InChI=1S/C8H7FN6O/c9-5-2-1-3-11-8(5)15-4-12-7(13-15)6(10)14-16/h1-4,16H,(H2,10,14). The Bertz CT molecular complexity index is 537. The van der Waals surface area contributed by atoms with Crippen LogP contribution in [0.1, 0.15) is 5.82 Å². The minimum atomic E-state index is -0.543. The Morgan fingerprint density at radius 1 is 1.50 bits per heavy atom. The molecule has 0 atom stereocenters. The number of pyridine rings is 1. The smallest absolute Gasteiger partial charge is 0.220 e. The van der Waals surface area contributed by atoms with E-state index in [1.54, 1.807) is 0 Å². The highest BCUT2D eigenvalue weighted by Crippen LogP contribution is 2.07. The number of oxime groups is 1. The van der Waals surface area contributed by atoms with E-state index in [1.165, 1.54) is 24.7 Å². The second-order valence-electron chi connectivity index (χ2n) is 2.81. The summed E-state index contributed by atoms with van der Waals surface area (Å²) < 4.78 is 14.4. The van der Waals surface area contributed by atoms with E-state index in [2.05, 4.69) is 20.2 Å². The first-order valence-electron chi connectivity index (χ1n) is 4.23. The molecule has 3 N–H and O–H groups in total. The molecule has 0 amide bonds. The van der Waals surface area contributed by atoms with Gasteiger partial charge in [-0.3, -0.25) is 0 Å². The summed E-state index contributed by atoms with van der Waals surface area (Å²) in [4.78, 5) is 7.52. The lowest BCUT2D eigenvalue weighted by Crippen LogP contribution is -2.15. The van der Waals surface area contributed by atoms with Gasteiger partial charge in [-0.05, 0) is 12.1 Å². The highest BCUT2D eigenvalue weighted by molar-refractivity contribution is 5.93. The average Bonchev–Trinajstić information content (AvgIpc) is 2.78. The summed E-state index contributed by atoms with van der Waals surface area (Å²) in [6.07, 6.45) is 2.64. The maximum Gasteiger partial charge on any atom is 0.220 e. The van der Waals surface area contributed by atoms with Crippen LogP contribution in [0.3, 0.4) is 0 Å². The summed E-state index contributed by atoms with van der Waals surface area (Å²) in [5.41, 5.74) is 5.27. The fraction of sp³-hybridized carbons (Fsp3) is 0. The van der Waals surface area contributed by atoms with Gasteiger partial charge in [0.2, 0.25) is 11.7 Å². The third kappa shape index (κ3) is 1.67. The molecule has 0 aromatic carbocycles. The summed E-state index contributed by atoms with van der Waals surface area (Å²) in [6, 6.07) is 2.70. The molecule has 2 aromatic heterocycles. The highest BCUT2D eigenvalue weighted by Gasteiger charge is 2.10. The van der Waals surface area contributed by atoms with Crippen LogP contribution in [0.5, 0.6) is 0 Å². The molecule has 2 heterocycles. The van der Waals surface area contributed by atoms with Crippen LogP contribution in [-0.4, -0.2) is 30.8 Å². The van der Waals surface area contributed by atoms with Crippen molar-refractivity contribution in [2.24, 2.45) is 10.9 Å². The summed E-state index contributed by atoms with van der Waals surface area (Å²) >= 11 is 0. The fourth-order valence-corrected chi connectivity index (χ4v) is 1.07. The molecule has 16 heavy (non-hydrogen) atoms. The van der Waals surface area contributed by atoms with E-state index < -0.39 is 5.82 Å². The van der Waals surface area contributed by atoms with Gasteiger partial charge in [0.25, 0.3) is 0 Å². The van der Waals surface area contributed by atoms with Crippen molar-refractivity contribution in [1.29, 1.82) is 0 Å². The number of aromatic nitrogens is 4. The highest BCUT2D eigenvalue weighted by atomic mass is 19.1. The lowest BCUT2D eigenvalue weighted by atomic mass is 10.4. The molecule has 0 spiro atoms. The number of rotatable bonds is 2. The number of hydrogen-bond donors (Lipinski definition) is 2. The topological polar surface area (TPSA) is 102 Å². The van der Waals surface area contributed by atoms with Gasteiger partial charge in [-0.1, -0.05) is 5.16 Å². The number of nitrogens with two attached hydrogens (primary N) is 1. The summed E-state index contributed by atoms with van der Waals surface area (Å²) in [7, 11) is 0. The second-order valence-corrected chi connectivity index (χ2v) is 2.81. The van der Waals surface area contributed by atoms with Crippen molar-refractivity contribution in [1.82, 2.24) is 19.7 Å². The maximum absolute atomic E-state index is 13.3. The van der Waals surface area contributed by atoms with Crippen LogP contribution >= 0.6 is 0 Å². The number of halogens is 1. The van der Waals surface area contributed by atoms with Crippen molar-refractivity contribution in [2.45, 2.75) is 0 Å². The Morgan fingerprint density at radius 3 is 3.00 bits per heavy atom. The van der Waals surface area contributed by atoms with Crippen LogP contribution in [0.25, 0.3) is 5.82 Å². The van der Waals surface area contributed by atoms with Crippen LogP contribution in [0.4, 0.5) is 4.39 Å². The van der Waals surface area contributed by atoms with Crippen molar-refractivity contribution < 1.29 is 9.60 Å². The van der Waals surface area contributed by atoms with E-state index in [0.29, 0.717) is 0 Å². The minimum absolute atomic E-state index is 0.00690. The molecule has 0 aliphatic carbocycles. The van der Waals surface area contributed by atoms with Crippen LogP contribution in [0.2, 0.25) is 0 Å². The molecule has 0 unspecified atom stereocenters. The van der Waals surface area contributed by atoms with E-state index >= 15 is 0 Å². The van der Waals surface area contributed by atoms with E-state index in [-0.39, 0.29) is 17.5 Å². The predicted octanol–water partition coefficient (Wildman–Crippen LogP) is -0.104. The lowest BCUT2D eigenvalue weighted by Gasteiger charge is -1.98. The van der Waals surface area contributed by atoms with Gasteiger partial charge < -0.3 is 10.9 Å². The lowest BCUT2D eigenvalue weighted by molar-refractivity contribution is 0.318. The van der Waals surface area contributed by atoms with Gasteiger partial charge >= 0.3 is 0 Å². The summed E-state index contributed by atoms with van der Waals surface area (Å²) in [6.45, 7) is 0. The Labute approximate surface area is 89.0 Å². The van der Waals surface area contributed by atoms with Gasteiger partial charge in [0.1, 0.15) is 6.33 Å². The van der Waals surface area contributed by atoms with Crippen LogP contribution in [-0.2, 0) is 0 Å². The summed E-state index contributed by atoms with van der Waals surface area (Å²) in [5.74, 6) is -0.812. The molecule has 0 fully saturated rings. The fourth-order valence-electron chi connectivity index (χ4n) is 1.07. The Hall–Kier alpha value is -2.51. The normalized spacial score (nSPS) is 11.7. The van der Waals surface area contributed by atoms with Gasteiger partial charge in [0, 0.05) is 6.20 Å². The number of amidine groups is 1. The Kier molecular flexibility index (Phi) is 2.46. The van der Waals surface area contributed by atoms with Crippen molar-refractivity contribution in [2.75, 3.05) is 0 Å². The SMILES string of the molecule is NC(=NO)c1ncn(-c2ncccc2F)n1. The molecule has 0 aliphatic heterocycles. The minimum Gasteiger partial charge on any atom is -0.409 e. The molecule has 2 aromatic rings. The predicted molar refractivity (Wildman–Crippen MR) is 51.6 cm³/mol. The molecule has 2 rings (SSSR count). The Balaban J connectivity index is 2.43. The van der Waals surface area contributed by atoms with Gasteiger partial charge in [0.05, 0.1) is 0 Å². The van der Waals surface area contributed by atoms with Crippen LogP contribution in [0.15, 0.2) is 29.8 Å². The molecule has 0 saturated heterocycles. The summed E-state index contributed by atoms with van der Waals surface area (Å²) in [5, 5.41) is 14.9.